The van der Waals surface area contributed by atoms with Crippen LogP contribution >= 0.6 is 0 Å². The molecule has 2 amide bonds. The van der Waals surface area contributed by atoms with Crippen LogP contribution in [-0.2, 0) is 11.3 Å². The number of nitrogens with one attached hydrogen (secondary N) is 2. The highest BCUT2D eigenvalue weighted by Crippen LogP contribution is 2.10. The number of benzene rings is 1. The summed E-state index contributed by atoms with van der Waals surface area (Å²) in [6, 6.07) is 17.9. The van der Waals surface area contributed by atoms with Gasteiger partial charge in [-0.2, -0.15) is 0 Å². The van der Waals surface area contributed by atoms with E-state index < -0.39 is 5.91 Å². The summed E-state index contributed by atoms with van der Waals surface area (Å²) < 4.78 is 7.25. The van der Waals surface area contributed by atoms with Crippen molar-refractivity contribution in [3.63, 3.8) is 0 Å². The van der Waals surface area contributed by atoms with Crippen molar-refractivity contribution in [1.29, 1.82) is 0 Å². The molecular weight excluding hydrogens is 380 g/mol. The van der Waals surface area contributed by atoms with E-state index in [9.17, 15) is 9.59 Å². The highest BCUT2D eigenvalue weighted by atomic mass is 16.3. The smallest absolute Gasteiger partial charge is 0.268 e. The third-order valence-corrected chi connectivity index (χ3v) is 4.53. The van der Waals surface area contributed by atoms with Crippen LogP contribution in [0.1, 0.15) is 27.5 Å². The zero-order valence-electron chi connectivity index (χ0n) is 16.3. The summed E-state index contributed by atoms with van der Waals surface area (Å²) in [4.78, 5) is 29.9. The summed E-state index contributed by atoms with van der Waals surface area (Å²) in [6.45, 7) is 2.21. The Morgan fingerprint density at radius 1 is 1.07 bits per heavy atom. The van der Waals surface area contributed by atoms with Crippen LogP contribution in [0, 0.1) is 6.92 Å². The van der Waals surface area contributed by atoms with Gasteiger partial charge in [-0.1, -0.05) is 24.3 Å². The first-order chi connectivity index (χ1) is 14.6. The summed E-state index contributed by atoms with van der Waals surface area (Å²) in [5.41, 5.74) is 3.10. The molecule has 2 N–H and O–H groups in total. The van der Waals surface area contributed by atoms with Gasteiger partial charge in [0.25, 0.3) is 11.8 Å². The highest BCUT2D eigenvalue weighted by molar-refractivity contribution is 6.05. The molecule has 0 atom stereocenters. The Balaban J connectivity index is 1.51. The van der Waals surface area contributed by atoms with Gasteiger partial charge < -0.3 is 19.5 Å². The molecule has 0 saturated heterocycles. The summed E-state index contributed by atoms with van der Waals surface area (Å²) in [5, 5.41) is 5.48. The fourth-order valence-corrected chi connectivity index (χ4v) is 3.01. The number of pyridine rings is 1. The highest BCUT2D eigenvalue weighted by Gasteiger charge is 2.16. The normalized spacial score (nSPS) is 11.4. The predicted octanol–water partition coefficient (Wildman–Crippen LogP) is 3.32. The maximum Gasteiger partial charge on any atom is 0.268 e. The van der Waals surface area contributed by atoms with Crippen molar-refractivity contribution in [3.8, 4) is 0 Å². The predicted molar refractivity (Wildman–Crippen MR) is 112 cm³/mol. The van der Waals surface area contributed by atoms with Crippen LogP contribution in [0.5, 0.6) is 0 Å². The van der Waals surface area contributed by atoms with Gasteiger partial charge in [-0.3, -0.25) is 9.59 Å². The van der Waals surface area contributed by atoms with E-state index in [0.29, 0.717) is 17.0 Å². The maximum absolute atomic E-state index is 12.8. The van der Waals surface area contributed by atoms with E-state index in [2.05, 4.69) is 15.6 Å². The van der Waals surface area contributed by atoms with E-state index in [-0.39, 0.29) is 18.1 Å². The minimum absolute atomic E-state index is 0.0822. The summed E-state index contributed by atoms with van der Waals surface area (Å²) in [7, 11) is 0. The van der Waals surface area contributed by atoms with Crippen molar-refractivity contribution in [2.24, 2.45) is 0 Å². The van der Waals surface area contributed by atoms with Gasteiger partial charge in [0.2, 0.25) is 0 Å². The number of nitrogens with zero attached hydrogens (tertiary/aromatic N) is 2. The first-order valence-electron chi connectivity index (χ1n) is 9.43. The van der Waals surface area contributed by atoms with Gasteiger partial charge in [-0.15, -0.1) is 0 Å². The topological polar surface area (TPSA) is 88.6 Å². The van der Waals surface area contributed by atoms with E-state index >= 15 is 0 Å². The van der Waals surface area contributed by atoms with Crippen LogP contribution < -0.4 is 10.6 Å². The molecule has 0 unspecified atom stereocenters. The van der Waals surface area contributed by atoms with Gasteiger partial charge >= 0.3 is 0 Å². The number of aromatic nitrogens is 2. The summed E-state index contributed by atoms with van der Waals surface area (Å²) in [6.07, 6.45) is 4.87. The average Bonchev–Trinajstić information content (AvgIpc) is 3.42. The molecule has 30 heavy (non-hydrogen) atoms. The van der Waals surface area contributed by atoms with Gasteiger partial charge in [0, 0.05) is 23.5 Å². The number of carbonyl (C=O) groups excluding carboxylic acids is 2. The standard InChI is InChI=1S/C23H20N4O3/c1-16-7-5-11-21-25-18(15-27(16)21)14-24-23(29)20(13-19-10-6-12-30-19)26-22(28)17-8-3-2-4-9-17/h2-13,15H,14H2,1H3,(H,24,29)(H,26,28)/b20-13-. The zero-order valence-corrected chi connectivity index (χ0v) is 16.3. The van der Waals surface area contributed by atoms with E-state index in [0.717, 1.165) is 11.3 Å². The minimum Gasteiger partial charge on any atom is -0.465 e. The number of fused-ring (bicyclic) bond motifs is 1. The Morgan fingerprint density at radius 3 is 2.63 bits per heavy atom. The molecule has 0 bridgehead atoms. The quantitative estimate of drug-likeness (QED) is 0.486. The Labute approximate surface area is 173 Å². The molecule has 4 rings (SSSR count). The summed E-state index contributed by atoms with van der Waals surface area (Å²) in [5.74, 6) is -0.367. The molecular formula is C23H20N4O3. The lowest BCUT2D eigenvalue weighted by Gasteiger charge is -2.10. The number of furan rings is 1. The number of carbonyl (C=O) groups is 2. The van der Waals surface area contributed by atoms with Crippen LogP contribution in [-0.4, -0.2) is 21.2 Å². The van der Waals surface area contributed by atoms with Gasteiger partial charge in [-0.05, 0) is 43.3 Å². The van der Waals surface area contributed by atoms with Crippen molar-refractivity contribution in [3.05, 3.63) is 102 Å². The number of rotatable bonds is 6. The lowest BCUT2D eigenvalue weighted by molar-refractivity contribution is -0.117. The van der Waals surface area contributed by atoms with E-state index in [4.69, 9.17) is 4.42 Å². The van der Waals surface area contributed by atoms with Crippen molar-refractivity contribution in [2.45, 2.75) is 13.5 Å². The van der Waals surface area contributed by atoms with E-state index in [1.807, 2.05) is 41.8 Å². The Bertz CT molecular complexity index is 1210. The Morgan fingerprint density at radius 2 is 1.90 bits per heavy atom. The third-order valence-electron chi connectivity index (χ3n) is 4.53. The molecule has 7 heteroatoms. The molecule has 3 heterocycles. The molecule has 0 aliphatic rings. The van der Waals surface area contributed by atoms with Crippen LogP contribution in [0.2, 0.25) is 0 Å². The maximum atomic E-state index is 12.8. The van der Waals surface area contributed by atoms with Crippen LogP contribution in [0.4, 0.5) is 0 Å². The first-order valence-corrected chi connectivity index (χ1v) is 9.43. The molecule has 1 aromatic carbocycles. The van der Waals surface area contributed by atoms with Crippen molar-refractivity contribution in [1.82, 2.24) is 20.0 Å². The van der Waals surface area contributed by atoms with Crippen LogP contribution in [0.3, 0.4) is 0 Å². The molecule has 7 nitrogen and oxygen atoms in total. The van der Waals surface area contributed by atoms with Crippen molar-refractivity contribution >= 4 is 23.5 Å². The molecule has 0 saturated carbocycles. The van der Waals surface area contributed by atoms with Gasteiger partial charge in [0.1, 0.15) is 17.1 Å². The minimum atomic E-state index is -0.440. The number of amides is 2. The Hall–Kier alpha value is -4.13. The molecule has 0 radical (unpaired) electrons. The van der Waals surface area contributed by atoms with Crippen molar-refractivity contribution in [2.75, 3.05) is 0 Å². The number of hydrogen-bond acceptors (Lipinski definition) is 4. The number of imidazole rings is 1. The van der Waals surface area contributed by atoms with Crippen LogP contribution in [0.15, 0.2) is 83.2 Å². The van der Waals surface area contributed by atoms with Gasteiger partial charge in [0.05, 0.1) is 18.5 Å². The molecule has 0 spiro atoms. The SMILES string of the molecule is Cc1cccc2nc(CNC(=O)/C(=C/c3ccco3)NC(=O)c3ccccc3)cn12. The fourth-order valence-electron chi connectivity index (χ4n) is 3.01. The molecule has 4 aromatic rings. The lowest BCUT2D eigenvalue weighted by atomic mass is 10.2. The van der Waals surface area contributed by atoms with Gasteiger partial charge in [-0.25, -0.2) is 4.98 Å². The molecule has 150 valence electrons. The fraction of sp³-hybridized carbons (Fsp3) is 0.0870. The average molecular weight is 400 g/mol. The third kappa shape index (κ3) is 4.30. The second-order valence-corrected chi connectivity index (χ2v) is 6.70. The zero-order chi connectivity index (χ0) is 20.9. The van der Waals surface area contributed by atoms with Crippen molar-refractivity contribution < 1.29 is 14.0 Å². The molecule has 0 aliphatic heterocycles. The number of aryl methyl sites for hydroxylation is 1. The second-order valence-electron chi connectivity index (χ2n) is 6.70. The summed E-state index contributed by atoms with van der Waals surface area (Å²) >= 11 is 0. The monoisotopic (exact) mass is 400 g/mol. The Kier molecular flexibility index (Phi) is 5.43. The van der Waals surface area contributed by atoms with Crippen LogP contribution in [0.25, 0.3) is 11.7 Å². The molecule has 0 fully saturated rings. The lowest BCUT2D eigenvalue weighted by Crippen LogP contribution is -2.34. The first kappa shape index (κ1) is 19.2. The largest absolute Gasteiger partial charge is 0.465 e. The van der Waals surface area contributed by atoms with Gasteiger partial charge in [0.15, 0.2) is 0 Å². The van der Waals surface area contributed by atoms with E-state index in [1.54, 1.807) is 36.4 Å². The second kappa shape index (κ2) is 8.48. The van der Waals surface area contributed by atoms with E-state index in [1.165, 1.54) is 12.3 Å². The molecule has 0 aliphatic carbocycles. The number of hydrogen-bond donors (Lipinski definition) is 2. The molecule has 3 aromatic heterocycles.